The zero-order valence-electron chi connectivity index (χ0n) is 10.1. The van der Waals surface area contributed by atoms with Crippen molar-refractivity contribution >= 4 is 15.6 Å². The van der Waals surface area contributed by atoms with Crippen LogP contribution >= 0.6 is 0 Å². The number of carbonyl (C=O) groups is 1. The highest BCUT2D eigenvalue weighted by molar-refractivity contribution is 7.91. The lowest BCUT2D eigenvalue weighted by Crippen LogP contribution is -2.13. The first kappa shape index (κ1) is 13.9. The highest BCUT2D eigenvalue weighted by Crippen LogP contribution is 2.13. The molecular weight excluding hydrogens is 238 g/mol. The van der Waals surface area contributed by atoms with Crippen LogP contribution in [0.2, 0.25) is 0 Å². The first-order chi connectivity index (χ1) is 8.01. The molecule has 0 aliphatic rings. The summed E-state index contributed by atoms with van der Waals surface area (Å²) < 4.78 is 23.1. The number of Topliss-reactive ketones (excluding diaryl/α,β-unsaturated/α-hetero) is 1. The summed E-state index contributed by atoms with van der Waals surface area (Å²) in [5.41, 5.74) is 0.551. The summed E-state index contributed by atoms with van der Waals surface area (Å²) in [4.78, 5) is 11.9. The van der Waals surface area contributed by atoms with Crippen LogP contribution in [-0.2, 0) is 9.84 Å². The average molecular weight is 255 g/mol. The molecule has 1 aromatic carbocycles. The van der Waals surface area contributed by atoms with Gasteiger partial charge in [-0.05, 0) is 19.2 Å². The largest absolute Gasteiger partial charge is 0.319 e. The molecule has 0 aliphatic heterocycles. The molecule has 1 aromatic rings. The first-order valence-electron chi connectivity index (χ1n) is 5.52. The second-order valence-corrected chi connectivity index (χ2v) is 5.98. The summed E-state index contributed by atoms with van der Waals surface area (Å²) in [6.45, 7) is 2.22. The molecule has 0 aromatic heterocycles. The molecule has 0 heterocycles. The van der Waals surface area contributed by atoms with E-state index in [-0.39, 0.29) is 16.4 Å². The maximum absolute atomic E-state index is 11.6. The van der Waals surface area contributed by atoms with Gasteiger partial charge in [0, 0.05) is 18.5 Å². The molecule has 1 rings (SSSR count). The van der Waals surface area contributed by atoms with Crippen molar-refractivity contribution in [2.75, 3.05) is 19.3 Å². The Bertz CT molecular complexity index is 477. The van der Waals surface area contributed by atoms with Crippen LogP contribution in [0.25, 0.3) is 0 Å². The average Bonchev–Trinajstić information content (AvgIpc) is 2.36. The van der Waals surface area contributed by atoms with Gasteiger partial charge < -0.3 is 5.32 Å². The zero-order chi connectivity index (χ0) is 12.9. The molecule has 0 aliphatic carbocycles. The molecule has 0 saturated carbocycles. The van der Waals surface area contributed by atoms with Gasteiger partial charge in [0.15, 0.2) is 15.6 Å². The molecule has 0 spiro atoms. The Hall–Kier alpha value is -1.20. The number of hydrogen-bond donors (Lipinski definition) is 1. The molecule has 0 atom stereocenters. The Morgan fingerprint density at radius 3 is 2.29 bits per heavy atom. The Kier molecular flexibility index (Phi) is 4.84. The highest BCUT2D eigenvalue weighted by Gasteiger charge is 2.12. The summed E-state index contributed by atoms with van der Waals surface area (Å²) in [5, 5.41) is 2.90. The Morgan fingerprint density at radius 2 is 1.82 bits per heavy atom. The van der Waals surface area contributed by atoms with E-state index in [4.69, 9.17) is 0 Å². The van der Waals surface area contributed by atoms with E-state index in [1.165, 1.54) is 12.1 Å². The van der Waals surface area contributed by atoms with E-state index in [9.17, 15) is 13.2 Å². The number of rotatable bonds is 6. The SMILES string of the molecule is CCS(=O)(=O)c1ccc(C(=O)CCNC)cc1. The topological polar surface area (TPSA) is 63.2 Å². The van der Waals surface area contributed by atoms with Crippen molar-refractivity contribution < 1.29 is 13.2 Å². The van der Waals surface area contributed by atoms with E-state index < -0.39 is 9.84 Å². The number of hydrogen-bond acceptors (Lipinski definition) is 4. The maximum Gasteiger partial charge on any atom is 0.178 e. The maximum atomic E-state index is 11.6. The number of ketones is 1. The van der Waals surface area contributed by atoms with E-state index in [0.29, 0.717) is 18.5 Å². The van der Waals surface area contributed by atoms with Gasteiger partial charge in [-0.2, -0.15) is 0 Å². The fourth-order valence-electron chi connectivity index (χ4n) is 1.40. The van der Waals surface area contributed by atoms with Crippen LogP contribution in [0.3, 0.4) is 0 Å². The van der Waals surface area contributed by atoms with Crippen molar-refractivity contribution in [1.82, 2.24) is 5.32 Å². The minimum atomic E-state index is -3.18. The lowest BCUT2D eigenvalue weighted by atomic mass is 10.1. The van der Waals surface area contributed by atoms with Crippen molar-refractivity contribution in [3.63, 3.8) is 0 Å². The van der Waals surface area contributed by atoms with Crippen LogP contribution in [0.15, 0.2) is 29.2 Å². The van der Waals surface area contributed by atoms with Gasteiger partial charge in [-0.25, -0.2) is 8.42 Å². The predicted molar refractivity (Wildman–Crippen MR) is 67.0 cm³/mol. The Labute approximate surface area is 102 Å². The van der Waals surface area contributed by atoms with Crippen molar-refractivity contribution in [2.45, 2.75) is 18.2 Å². The van der Waals surface area contributed by atoms with E-state index in [2.05, 4.69) is 5.32 Å². The van der Waals surface area contributed by atoms with Crippen molar-refractivity contribution in [3.8, 4) is 0 Å². The standard InChI is InChI=1S/C12H17NO3S/c1-3-17(15,16)11-6-4-10(5-7-11)12(14)8-9-13-2/h4-7,13H,3,8-9H2,1-2H3. The van der Waals surface area contributed by atoms with Gasteiger partial charge in [0.05, 0.1) is 10.6 Å². The Morgan fingerprint density at radius 1 is 1.24 bits per heavy atom. The Balaban J connectivity index is 2.85. The van der Waals surface area contributed by atoms with Crippen molar-refractivity contribution in [3.05, 3.63) is 29.8 Å². The third kappa shape index (κ3) is 3.64. The molecule has 94 valence electrons. The minimum absolute atomic E-state index is 0.0137. The molecule has 0 amide bonds. The van der Waals surface area contributed by atoms with Crippen molar-refractivity contribution in [2.24, 2.45) is 0 Å². The molecular formula is C12H17NO3S. The molecule has 5 heteroatoms. The van der Waals surface area contributed by atoms with Gasteiger partial charge in [-0.15, -0.1) is 0 Å². The van der Waals surface area contributed by atoms with E-state index in [1.54, 1.807) is 26.1 Å². The van der Waals surface area contributed by atoms with E-state index in [0.717, 1.165) is 0 Å². The summed E-state index contributed by atoms with van der Waals surface area (Å²) in [5.74, 6) is 0.0832. The predicted octanol–water partition coefficient (Wildman–Crippen LogP) is 1.27. The van der Waals surface area contributed by atoms with Crippen molar-refractivity contribution in [1.29, 1.82) is 0 Å². The zero-order valence-corrected chi connectivity index (χ0v) is 10.9. The van der Waals surface area contributed by atoms with Crippen LogP contribution < -0.4 is 5.32 Å². The smallest absolute Gasteiger partial charge is 0.178 e. The number of carbonyl (C=O) groups excluding carboxylic acids is 1. The monoisotopic (exact) mass is 255 g/mol. The van der Waals surface area contributed by atoms with Crippen LogP contribution in [0.1, 0.15) is 23.7 Å². The normalized spacial score (nSPS) is 11.4. The molecule has 17 heavy (non-hydrogen) atoms. The second-order valence-electron chi connectivity index (χ2n) is 3.70. The second kappa shape index (κ2) is 5.93. The number of nitrogens with one attached hydrogen (secondary N) is 1. The van der Waals surface area contributed by atoms with Gasteiger partial charge in [-0.3, -0.25) is 4.79 Å². The molecule has 0 fully saturated rings. The fraction of sp³-hybridized carbons (Fsp3) is 0.417. The lowest BCUT2D eigenvalue weighted by molar-refractivity contribution is 0.0983. The first-order valence-corrected chi connectivity index (χ1v) is 7.17. The highest BCUT2D eigenvalue weighted by atomic mass is 32.2. The third-order valence-electron chi connectivity index (χ3n) is 2.52. The molecule has 0 radical (unpaired) electrons. The van der Waals surface area contributed by atoms with Crippen LogP contribution in [0.4, 0.5) is 0 Å². The van der Waals surface area contributed by atoms with Crippen LogP contribution in [-0.4, -0.2) is 33.5 Å². The molecule has 1 N–H and O–H groups in total. The van der Waals surface area contributed by atoms with Gasteiger partial charge in [0.1, 0.15) is 0 Å². The van der Waals surface area contributed by atoms with Gasteiger partial charge >= 0.3 is 0 Å². The molecule has 0 bridgehead atoms. The van der Waals surface area contributed by atoms with Crippen LogP contribution in [0, 0.1) is 0 Å². The van der Waals surface area contributed by atoms with E-state index in [1.807, 2.05) is 0 Å². The molecule has 0 unspecified atom stereocenters. The van der Waals surface area contributed by atoms with Gasteiger partial charge in [0.25, 0.3) is 0 Å². The number of benzene rings is 1. The van der Waals surface area contributed by atoms with Crippen LogP contribution in [0.5, 0.6) is 0 Å². The quantitative estimate of drug-likeness (QED) is 0.778. The minimum Gasteiger partial charge on any atom is -0.319 e. The summed E-state index contributed by atoms with van der Waals surface area (Å²) in [7, 11) is -1.40. The number of sulfone groups is 1. The lowest BCUT2D eigenvalue weighted by Gasteiger charge is -2.03. The summed E-state index contributed by atoms with van der Waals surface area (Å²) >= 11 is 0. The molecule has 0 saturated heterocycles. The van der Waals surface area contributed by atoms with E-state index >= 15 is 0 Å². The van der Waals surface area contributed by atoms with Gasteiger partial charge in [-0.1, -0.05) is 19.1 Å². The fourth-order valence-corrected chi connectivity index (χ4v) is 2.28. The van der Waals surface area contributed by atoms with Gasteiger partial charge in [0.2, 0.25) is 0 Å². The third-order valence-corrected chi connectivity index (χ3v) is 4.27. The molecule has 4 nitrogen and oxygen atoms in total. The summed E-state index contributed by atoms with van der Waals surface area (Å²) in [6, 6.07) is 6.12. The summed E-state index contributed by atoms with van der Waals surface area (Å²) in [6.07, 6.45) is 0.413.